The molecule has 1 rings (SSSR count). The van der Waals surface area contributed by atoms with E-state index in [4.69, 9.17) is 23.2 Å². The molecule has 0 saturated heterocycles. The van der Waals surface area contributed by atoms with Crippen LogP contribution in [0.4, 0.5) is 0 Å². The molecule has 0 aromatic heterocycles. The summed E-state index contributed by atoms with van der Waals surface area (Å²) in [6.45, 7) is 4.12. The average molecular weight is 247 g/mol. The normalized spacial score (nSPS) is 13.2. The predicted octanol–water partition coefficient (Wildman–Crippen LogP) is 4.46. The second kappa shape index (κ2) is 5.74. The number of hydrogen-bond donors (Lipinski definition) is 1. The summed E-state index contributed by atoms with van der Waals surface area (Å²) in [5.41, 5.74) is 0.662. The molecule has 1 unspecified atom stereocenters. The molecule has 0 aliphatic carbocycles. The van der Waals surface area contributed by atoms with Gasteiger partial charge in [-0.05, 0) is 18.1 Å². The third-order valence-electron chi connectivity index (χ3n) is 2.79. The number of hydrogen-bond acceptors (Lipinski definition) is 1. The Morgan fingerprint density at radius 3 is 2.00 bits per heavy atom. The van der Waals surface area contributed by atoms with Crippen molar-refractivity contribution in [1.29, 1.82) is 0 Å². The zero-order chi connectivity index (χ0) is 11.4. The van der Waals surface area contributed by atoms with Crippen molar-refractivity contribution in [3.63, 3.8) is 0 Å². The van der Waals surface area contributed by atoms with Crippen molar-refractivity contribution in [3.05, 3.63) is 33.8 Å². The van der Waals surface area contributed by atoms with Gasteiger partial charge in [-0.15, -0.1) is 0 Å². The van der Waals surface area contributed by atoms with Crippen LogP contribution in [0.15, 0.2) is 18.2 Å². The molecule has 0 aliphatic heterocycles. The van der Waals surface area contributed by atoms with Gasteiger partial charge in [-0.2, -0.15) is 0 Å². The number of aliphatic hydroxyl groups excluding tert-OH is 1. The molecule has 0 radical (unpaired) electrons. The second-order valence-electron chi connectivity index (χ2n) is 3.66. The van der Waals surface area contributed by atoms with Crippen molar-refractivity contribution in [3.8, 4) is 0 Å². The molecule has 0 bridgehead atoms. The number of rotatable bonds is 4. The Morgan fingerprint density at radius 1 is 1.13 bits per heavy atom. The van der Waals surface area contributed by atoms with Crippen LogP contribution in [-0.4, -0.2) is 5.11 Å². The van der Waals surface area contributed by atoms with Gasteiger partial charge in [-0.25, -0.2) is 0 Å². The average Bonchev–Trinajstić information content (AvgIpc) is 2.19. The van der Waals surface area contributed by atoms with Gasteiger partial charge in [-0.3, -0.25) is 0 Å². The summed E-state index contributed by atoms with van der Waals surface area (Å²) in [6, 6.07) is 5.30. The Morgan fingerprint density at radius 2 is 1.60 bits per heavy atom. The summed E-state index contributed by atoms with van der Waals surface area (Å²) >= 11 is 12.1. The van der Waals surface area contributed by atoms with Crippen LogP contribution in [0, 0.1) is 5.92 Å². The Hall–Kier alpha value is -0.240. The summed E-state index contributed by atoms with van der Waals surface area (Å²) in [7, 11) is 0. The molecule has 0 aliphatic rings. The first-order valence-corrected chi connectivity index (χ1v) is 5.99. The van der Waals surface area contributed by atoms with Gasteiger partial charge in [0, 0.05) is 15.6 Å². The van der Waals surface area contributed by atoms with E-state index in [1.807, 2.05) is 0 Å². The van der Waals surface area contributed by atoms with Crippen molar-refractivity contribution in [1.82, 2.24) is 0 Å². The van der Waals surface area contributed by atoms with Crippen molar-refractivity contribution in [2.45, 2.75) is 32.8 Å². The Bertz CT molecular complexity index is 301. The maximum Gasteiger partial charge on any atom is 0.0846 e. The summed E-state index contributed by atoms with van der Waals surface area (Å²) in [4.78, 5) is 0. The highest BCUT2D eigenvalue weighted by molar-refractivity contribution is 6.36. The van der Waals surface area contributed by atoms with E-state index in [0.717, 1.165) is 12.8 Å². The van der Waals surface area contributed by atoms with Gasteiger partial charge >= 0.3 is 0 Å². The van der Waals surface area contributed by atoms with E-state index < -0.39 is 6.10 Å². The molecule has 15 heavy (non-hydrogen) atoms. The lowest BCUT2D eigenvalue weighted by Crippen LogP contribution is -2.11. The van der Waals surface area contributed by atoms with Gasteiger partial charge in [0.25, 0.3) is 0 Å². The van der Waals surface area contributed by atoms with Crippen LogP contribution in [0.5, 0.6) is 0 Å². The molecule has 84 valence electrons. The summed E-state index contributed by atoms with van der Waals surface area (Å²) in [5.74, 6) is 0.211. The first-order chi connectivity index (χ1) is 7.11. The van der Waals surface area contributed by atoms with Crippen LogP contribution in [0.2, 0.25) is 10.0 Å². The van der Waals surface area contributed by atoms with Gasteiger partial charge in [0.1, 0.15) is 0 Å². The van der Waals surface area contributed by atoms with Crippen molar-refractivity contribution in [2.75, 3.05) is 0 Å². The molecule has 0 heterocycles. The van der Waals surface area contributed by atoms with Crippen LogP contribution in [0.1, 0.15) is 38.4 Å². The van der Waals surface area contributed by atoms with Crippen molar-refractivity contribution >= 4 is 23.2 Å². The lowest BCUT2D eigenvalue weighted by atomic mass is 9.91. The maximum atomic E-state index is 10.2. The quantitative estimate of drug-likeness (QED) is 0.832. The smallest absolute Gasteiger partial charge is 0.0846 e. The third-order valence-corrected chi connectivity index (χ3v) is 3.45. The van der Waals surface area contributed by atoms with Gasteiger partial charge < -0.3 is 5.11 Å². The Balaban J connectivity index is 3.04. The summed E-state index contributed by atoms with van der Waals surface area (Å²) < 4.78 is 0. The Kier molecular flexibility index (Phi) is 4.91. The fraction of sp³-hybridized carbons (Fsp3) is 0.500. The molecule has 0 fully saturated rings. The largest absolute Gasteiger partial charge is 0.388 e. The number of halogens is 2. The lowest BCUT2D eigenvalue weighted by molar-refractivity contribution is 0.103. The predicted molar refractivity (Wildman–Crippen MR) is 65.5 cm³/mol. The first-order valence-electron chi connectivity index (χ1n) is 5.23. The number of aliphatic hydroxyl groups is 1. The fourth-order valence-electron chi connectivity index (χ4n) is 1.76. The van der Waals surface area contributed by atoms with E-state index in [1.54, 1.807) is 18.2 Å². The maximum absolute atomic E-state index is 10.2. The van der Waals surface area contributed by atoms with Crippen molar-refractivity contribution in [2.24, 2.45) is 5.92 Å². The molecular weight excluding hydrogens is 231 g/mol. The highest BCUT2D eigenvalue weighted by Gasteiger charge is 2.22. The zero-order valence-electron chi connectivity index (χ0n) is 9.00. The highest BCUT2D eigenvalue weighted by atomic mass is 35.5. The van der Waals surface area contributed by atoms with Crippen LogP contribution in [0.3, 0.4) is 0 Å². The standard InChI is InChI=1S/C12H16Cl2O/c1-3-8(4-2)12(15)11-9(13)6-5-7-10(11)14/h5-8,12,15H,3-4H2,1-2H3. The topological polar surface area (TPSA) is 20.2 Å². The van der Waals surface area contributed by atoms with Crippen molar-refractivity contribution < 1.29 is 5.11 Å². The van der Waals surface area contributed by atoms with Gasteiger partial charge in [0.05, 0.1) is 6.10 Å². The molecule has 1 atom stereocenters. The number of benzene rings is 1. The van der Waals surface area contributed by atoms with E-state index >= 15 is 0 Å². The van der Waals surface area contributed by atoms with Gasteiger partial charge in [0.15, 0.2) is 0 Å². The third kappa shape index (κ3) is 2.87. The molecular formula is C12H16Cl2O. The second-order valence-corrected chi connectivity index (χ2v) is 4.47. The van der Waals surface area contributed by atoms with Crippen LogP contribution in [0.25, 0.3) is 0 Å². The molecule has 1 N–H and O–H groups in total. The van der Waals surface area contributed by atoms with Crippen LogP contribution < -0.4 is 0 Å². The van der Waals surface area contributed by atoms with Gasteiger partial charge in [0.2, 0.25) is 0 Å². The highest BCUT2D eigenvalue weighted by Crippen LogP contribution is 2.36. The van der Waals surface area contributed by atoms with E-state index in [0.29, 0.717) is 15.6 Å². The SMILES string of the molecule is CCC(CC)C(O)c1c(Cl)cccc1Cl. The monoisotopic (exact) mass is 246 g/mol. The molecule has 1 aromatic rings. The molecule has 0 spiro atoms. The minimum Gasteiger partial charge on any atom is -0.388 e. The van der Waals surface area contributed by atoms with E-state index in [9.17, 15) is 5.11 Å². The van der Waals surface area contributed by atoms with E-state index in [1.165, 1.54) is 0 Å². The molecule has 3 heteroatoms. The van der Waals surface area contributed by atoms with Crippen LogP contribution in [-0.2, 0) is 0 Å². The van der Waals surface area contributed by atoms with E-state index in [-0.39, 0.29) is 5.92 Å². The fourth-order valence-corrected chi connectivity index (χ4v) is 2.39. The van der Waals surface area contributed by atoms with Gasteiger partial charge in [-0.1, -0.05) is 56.0 Å². The zero-order valence-corrected chi connectivity index (χ0v) is 10.5. The Labute approximate surface area is 101 Å². The molecule has 0 amide bonds. The molecule has 1 aromatic carbocycles. The lowest BCUT2D eigenvalue weighted by Gasteiger charge is -2.22. The minimum absolute atomic E-state index is 0.211. The molecule has 0 saturated carbocycles. The summed E-state index contributed by atoms with van der Waals surface area (Å²) in [6.07, 6.45) is 1.26. The first kappa shape index (κ1) is 12.8. The van der Waals surface area contributed by atoms with Crippen LogP contribution >= 0.6 is 23.2 Å². The summed E-state index contributed by atoms with van der Waals surface area (Å²) in [5, 5.41) is 11.3. The molecule has 1 nitrogen and oxygen atoms in total. The minimum atomic E-state index is -0.568. The van der Waals surface area contributed by atoms with E-state index in [2.05, 4.69) is 13.8 Å².